The van der Waals surface area contributed by atoms with Crippen LogP contribution < -0.4 is 5.32 Å². The maximum absolute atomic E-state index is 8.98. The van der Waals surface area contributed by atoms with E-state index in [1.165, 1.54) is 0 Å². The molecule has 0 fully saturated rings. The first-order chi connectivity index (χ1) is 8.26. The van der Waals surface area contributed by atoms with E-state index in [1.807, 2.05) is 25.2 Å². The average molecular weight is 247 g/mol. The Bertz CT molecular complexity index is 568. The number of nitrogens with zero attached hydrogens (tertiary/aromatic N) is 3. The molecular formula is C12H11ClN4. The summed E-state index contributed by atoms with van der Waals surface area (Å²) in [6, 6.07) is 7.66. The Morgan fingerprint density at radius 2 is 2.35 bits per heavy atom. The molecule has 2 rings (SSSR count). The van der Waals surface area contributed by atoms with Crippen molar-refractivity contribution in [2.24, 2.45) is 0 Å². The van der Waals surface area contributed by atoms with E-state index in [4.69, 9.17) is 16.9 Å². The molecule has 4 nitrogen and oxygen atoms in total. The summed E-state index contributed by atoms with van der Waals surface area (Å²) < 4.78 is 1.73. The van der Waals surface area contributed by atoms with Crippen LogP contribution in [-0.2, 0) is 6.54 Å². The molecule has 0 spiro atoms. The van der Waals surface area contributed by atoms with Crippen molar-refractivity contribution in [2.45, 2.75) is 6.54 Å². The minimum atomic E-state index is 0.351. The maximum Gasteiger partial charge on any atom is 0.217 e. The van der Waals surface area contributed by atoms with Gasteiger partial charge >= 0.3 is 0 Å². The van der Waals surface area contributed by atoms with Crippen LogP contribution in [0.3, 0.4) is 0 Å². The predicted molar refractivity (Wildman–Crippen MR) is 66.1 cm³/mol. The van der Waals surface area contributed by atoms with Crippen LogP contribution in [0.25, 0.3) is 5.69 Å². The molecule has 1 heterocycles. The number of hydrogen-bond acceptors (Lipinski definition) is 3. The Morgan fingerprint density at radius 3 is 3.06 bits per heavy atom. The molecule has 0 aliphatic carbocycles. The summed E-state index contributed by atoms with van der Waals surface area (Å²) >= 11 is 5.99. The minimum Gasteiger partial charge on any atom is -0.316 e. The van der Waals surface area contributed by atoms with E-state index in [2.05, 4.69) is 16.4 Å². The van der Waals surface area contributed by atoms with E-state index < -0.39 is 0 Å². The third-order valence-corrected chi connectivity index (χ3v) is 2.65. The van der Waals surface area contributed by atoms with Crippen molar-refractivity contribution in [3.8, 4) is 11.8 Å². The van der Waals surface area contributed by atoms with Crippen LogP contribution in [0.1, 0.15) is 11.4 Å². The maximum atomic E-state index is 8.98. The van der Waals surface area contributed by atoms with Crippen LogP contribution in [0.15, 0.2) is 30.6 Å². The molecule has 1 N–H and O–H groups in total. The number of halogens is 1. The molecule has 17 heavy (non-hydrogen) atoms. The number of nitrogens with one attached hydrogen (secondary N) is 1. The minimum absolute atomic E-state index is 0.351. The SMILES string of the molecule is CNCc1ccc(Cl)cc1-n1ccnc1C#N. The molecule has 0 saturated carbocycles. The van der Waals surface area contributed by atoms with Crippen molar-refractivity contribution in [1.82, 2.24) is 14.9 Å². The summed E-state index contributed by atoms with van der Waals surface area (Å²) in [6.07, 6.45) is 3.35. The summed E-state index contributed by atoms with van der Waals surface area (Å²) in [7, 11) is 1.87. The van der Waals surface area contributed by atoms with Gasteiger partial charge in [0.1, 0.15) is 6.07 Å². The smallest absolute Gasteiger partial charge is 0.217 e. The first-order valence-electron chi connectivity index (χ1n) is 5.13. The quantitative estimate of drug-likeness (QED) is 0.903. The second kappa shape index (κ2) is 5.00. The molecule has 86 valence electrons. The topological polar surface area (TPSA) is 53.6 Å². The number of rotatable bonds is 3. The lowest BCUT2D eigenvalue weighted by Crippen LogP contribution is -2.09. The second-order valence-corrected chi connectivity index (χ2v) is 3.97. The highest BCUT2D eigenvalue weighted by Crippen LogP contribution is 2.21. The van der Waals surface area contributed by atoms with Gasteiger partial charge in [-0.15, -0.1) is 0 Å². The Kier molecular flexibility index (Phi) is 3.43. The largest absolute Gasteiger partial charge is 0.316 e. The Labute approximate surface area is 104 Å². The van der Waals surface area contributed by atoms with Gasteiger partial charge in [-0.3, -0.25) is 4.57 Å². The molecule has 0 aliphatic heterocycles. The fraction of sp³-hybridized carbons (Fsp3) is 0.167. The summed E-state index contributed by atoms with van der Waals surface area (Å²) in [5.41, 5.74) is 1.94. The molecule has 0 atom stereocenters. The number of hydrogen-bond donors (Lipinski definition) is 1. The third kappa shape index (κ3) is 2.31. The Hall–Kier alpha value is -1.83. The Balaban J connectivity index is 2.57. The summed E-state index contributed by atoms with van der Waals surface area (Å²) in [6.45, 7) is 0.704. The summed E-state index contributed by atoms with van der Waals surface area (Å²) in [4.78, 5) is 3.98. The van der Waals surface area contributed by atoms with Gasteiger partial charge in [0.15, 0.2) is 0 Å². The van der Waals surface area contributed by atoms with Crippen LogP contribution in [0.5, 0.6) is 0 Å². The molecule has 0 aliphatic rings. The van der Waals surface area contributed by atoms with Gasteiger partial charge in [-0.1, -0.05) is 17.7 Å². The highest BCUT2D eigenvalue weighted by atomic mass is 35.5. The summed E-state index contributed by atoms with van der Waals surface area (Å²) in [5.74, 6) is 0.351. The van der Waals surface area contributed by atoms with E-state index in [0.29, 0.717) is 17.4 Å². The molecule has 0 saturated heterocycles. The number of benzene rings is 1. The Morgan fingerprint density at radius 1 is 1.53 bits per heavy atom. The molecule has 2 aromatic rings. The van der Waals surface area contributed by atoms with Crippen molar-refractivity contribution in [3.63, 3.8) is 0 Å². The van der Waals surface area contributed by atoms with E-state index in [9.17, 15) is 0 Å². The number of imidazole rings is 1. The lowest BCUT2D eigenvalue weighted by Gasteiger charge is -2.11. The molecule has 1 aromatic carbocycles. The van der Waals surface area contributed by atoms with Crippen LogP contribution in [0, 0.1) is 11.3 Å². The molecular weight excluding hydrogens is 236 g/mol. The van der Waals surface area contributed by atoms with Gasteiger partial charge in [0.25, 0.3) is 0 Å². The van der Waals surface area contributed by atoms with Crippen LogP contribution in [0.2, 0.25) is 5.02 Å². The molecule has 0 bridgehead atoms. The van der Waals surface area contributed by atoms with E-state index in [0.717, 1.165) is 11.3 Å². The van der Waals surface area contributed by atoms with Gasteiger partial charge in [-0.2, -0.15) is 5.26 Å². The van der Waals surface area contributed by atoms with E-state index in [-0.39, 0.29) is 0 Å². The highest BCUT2D eigenvalue weighted by Gasteiger charge is 2.09. The fourth-order valence-electron chi connectivity index (χ4n) is 1.68. The molecule has 0 amide bonds. The van der Waals surface area contributed by atoms with Crippen molar-refractivity contribution in [2.75, 3.05) is 7.05 Å². The van der Waals surface area contributed by atoms with Gasteiger partial charge in [-0.25, -0.2) is 4.98 Å². The molecule has 1 aromatic heterocycles. The first-order valence-corrected chi connectivity index (χ1v) is 5.51. The highest BCUT2D eigenvalue weighted by molar-refractivity contribution is 6.30. The van der Waals surface area contributed by atoms with Crippen molar-refractivity contribution in [1.29, 1.82) is 5.26 Å². The zero-order chi connectivity index (χ0) is 12.3. The average Bonchev–Trinajstić information content (AvgIpc) is 2.79. The van der Waals surface area contributed by atoms with Crippen LogP contribution in [-0.4, -0.2) is 16.6 Å². The second-order valence-electron chi connectivity index (χ2n) is 3.54. The van der Waals surface area contributed by atoms with Crippen molar-refractivity contribution >= 4 is 11.6 Å². The van der Waals surface area contributed by atoms with E-state index in [1.54, 1.807) is 17.0 Å². The first kappa shape index (κ1) is 11.6. The lowest BCUT2D eigenvalue weighted by atomic mass is 10.1. The van der Waals surface area contributed by atoms with Gasteiger partial charge < -0.3 is 5.32 Å². The summed E-state index contributed by atoms with van der Waals surface area (Å²) in [5, 5.41) is 12.7. The lowest BCUT2D eigenvalue weighted by molar-refractivity contribution is 0.806. The van der Waals surface area contributed by atoms with E-state index >= 15 is 0 Å². The molecule has 0 unspecified atom stereocenters. The molecule has 5 heteroatoms. The van der Waals surface area contributed by atoms with Gasteiger partial charge in [-0.05, 0) is 24.7 Å². The van der Waals surface area contributed by atoms with Gasteiger partial charge in [0, 0.05) is 24.0 Å². The van der Waals surface area contributed by atoms with Gasteiger partial charge in [0.05, 0.1) is 5.69 Å². The zero-order valence-corrected chi connectivity index (χ0v) is 10.1. The number of aromatic nitrogens is 2. The fourth-order valence-corrected chi connectivity index (χ4v) is 1.85. The standard InChI is InChI=1S/C12H11ClN4/c1-15-8-9-2-3-10(13)6-11(9)17-5-4-16-12(17)7-14/h2-6,15H,8H2,1H3. The third-order valence-electron chi connectivity index (χ3n) is 2.41. The predicted octanol–water partition coefficient (Wildman–Crippen LogP) is 2.12. The van der Waals surface area contributed by atoms with Crippen molar-refractivity contribution in [3.05, 3.63) is 47.0 Å². The van der Waals surface area contributed by atoms with Crippen LogP contribution in [0.4, 0.5) is 0 Å². The normalized spacial score (nSPS) is 10.2. The van der Waals surface area contributed by atoms with Gasteiger partial charge in [0.2, 0.25) is 5.82 Å². The zero-order valence-electron chi connectivity index (χ0n) is 9.31. The molecule has 0 radical (unpaired) electrons. The van der Waals surface area contributed by atoms with Crippen molar-refractivity contribution < 1.29 is 0 Å². The number of nitriles is 1. The van der Waals surface area contributed by atoms with Crippen LogP contribution >= 0.6 is 11.6 Å². The monoisotopic (exact) mass is 246 g/mol.